The maximum atomic E-state index is 11.5. The quantitative estimate of drug-likeness (QED) is 0.700. The summed E-state index contributed by atoms with van der Waals surface area (Å²) in [6, 6.07) is 5.07. The number of aliphatic hydroxyl groups excluding tert-OH is 1. The minimum atomic E-state index is -0.313. The van der Waals surface area contributed by atoms with Gasteiger partial charge in [-0.05, 0) is 12.1 Å². The Morgan fingerprint density at radius 2 is 2.11 bits per heavy atom. The minimum absolute atomic E-state index is 0.112. The first-order valence-corrected chi connectivity index (χ1v) is 5.41. The molecule has 1 rings (SSSR count). The first kappa shape index (κ1) is 14.3. The van der Waals surface area contributed by atoms with Crippen molar-refractivity contribution in [2.45, 2.75) is 0 Å². The van der Waals surface area contributed by atoms with E-state index in [1.807, 2.05) is 0 Å². The summed E-state index contributed by atoms with van der Waals surface area (Å²) in [6.45, 7) is -0.0952. The van der Waals surface area contributed by atoms with E-state index in [2.05, 4.69) is 5.32 Å². The number of methoxy groups -OCH3 is 2. The van der Waals surface area contributed by atoms with Crippen LogP contribution in [0, 0.1) is 0 Å². The van der Waals surface area contributed by atoms with E-state index in [1.54, 1.807) is 25.3 Å². The average molecular weight is 255 g/mol. The van der Waals surface area contributed by atoms with Gasteiger partial charge in [-0.2, -0.15) is 0 Å². The summed E-state index contributed by atoms with van der Waals surface area (Å²) >= 11 is 0. The van der Waals surface area contributed by atoms with E-state index >= 15 is 0 Å². The van der Waals surface area contributed by atoms with Crippen molar-refractivity contribution < 1.29 is 24.1 Å². The van der Waals surface area contributed by atoms with Crippen molar-refractivity contribution in [3.8, 4) is 11.5 Å². The number of nitrogens with one attached hydrogen (secondary N) is 1. The summed E-state index contributed by atoms with van der Waals surface area (Å²) in [5.41, 5.74) is 0.538. The van der Waals surface area contributed by atoms with Gasteiger partial charge in [-0.15, -0.1) is 0 Å². The number of ether oxygens (including phenoxy) is 3. The van der Waals surface area contributed by atoms with Gasteiger partial charge in [0.25, 0.3) is 0 Å². The molecule has 1 aromatic rings. The van der Waals surface area contributed by atoms with Gasteiger partial charge in [-0.25, -0.2) is 0 Å². The summed E-state index contributed by atoms with van der Waals surface area (Å²) in [4.78, 5) is 11.5. The fourth-order valence-electron chi connectivity index (χ4n) is 1.32. The molecule has 1 aromatic carbocycles. The van der Waals surface area contributed by atoms with Crippen LogP contribution >= 0.6 is 0 Å². The molecule has 2 N–H and O–H groups in total. The molecule has 0 saturated heterocycles. The second kappa shape index (κ2) is 7.52. The fourth-order valence-corrected chi connectivity index (χ4v) is 1.32. The van der Waals surface area contributed by atoms with E-state index in [0.29, 0.717) is 17.2 Å². The Morgan fingerprint density at radius 3 is 2.72 bits per heavy atom. The monoisotopic (exact) mass is 255 g/mol. The minimum Gasteiger partial charge on any atom is -0.497 e. The molecule has 0 unspecified atom stereocenters. The number of amides is 1. The molecule has 0 radical (unpaired) electrons. The van der Waals surface area contributed by atoms with Gasteiger partial charge in [-0.3, -0.25) is 4.79 Å². The lowest BCUT2D eigenvalue weighted by molar-refractivity contribution is -0.120. The highest BCUT2D eigenvalue weighted by Gasteiger charge is 2.08. The molecule has 0 aliphatic rings. The molecule has 18 heavy (non-hydrogen) atoms. The second-order valence-electron chi connectivity index (χ2n) is 3.39. The SMILES string of the molecule is COc1ccc(NC(=O)COCCO)c(OC)c1. The predicted molar refractivity (Wildman–Crippen MR) is 66.1 cm³/mol. The van der Waals surface area contributed by atoms with Gasteiger partial charge in [0.15, 0.2) is 0 Å². The second-order valence-corrected chi connectivity index (χ2v) is 3.39. The number of aliphatic hydroxyl groups is 1. The van der Waals surface area contributed by atoms with Gasteiger partial charge in [-0.1, -0.05) is 0 Å². The third kappa shape index (κ3) is 4.23. The molecule has 0 bridgehead atoms. The van der Waals surface area contributed by atoms with Crippen LogP contribution < -0.4 is 14.8 Å². The van der Waals surface area contributed by atoms with Gasteiger partial charge < -0.3 is 24.6 Å². The van der Waals surface area contributed by atoms with Crippen LogP contribution in [0.3, 0.4) is 0 Å². The Bertz CT molecular complexity index is 394. The van der Waals surface area contributed by atoms with Gasteiger partial charge in [0.05, 0.1) is 33.1 Å². The Hall–Kier alpha value is -1.79. The first-order valence-electron chi connectivity index (χ1n) is 5.41. The first-order chi connectivity index (χ1) is 8.71. The van der Waals surface area contributed by atoms with E-state index in [9.17, 15) is 4.79 Å². The summed E-state index contributed by atoms with van der Waals surface area (Å²) in [7, 11) is 3.06. The number of benzene rings is 1. The zero-order valence-electron chi connectivity index (χ0n) is 10.4. The zero-order chi connectivity index (χ0) is 13.4. The predicted octanol–water partition coefficient (Wildman–Crippen LogP) is 0.651. The van der Waals surface area contributed by atoms with E-state index in [-0.39, 0.29) is 25.7 Å². The van der Waals surface area contributed by atoms with Crippen LogP contribution in [0.5, 0.6) is 11.5 Å². The molecule has 1 amide bonds. The Balaban J connectivity index is 2.63. The number of hydrogen-bond acceptors (Lipinski definition) is 5. The average Bonchev–Trinajstić information content (AvgIpc) is 2.39. The summed E-state index contributed by atoms with van der Waals surface area (Å²) < 4.78 is 15.1. The Morgan fingerprint density at radius 1 is 1.33 bits per heavy atom. The molecule has 0 aromatic heterocycles. The molecule has 0 atom stereocenters. The van der Waals surface area contributed by atoms with Crippen LogP contribution in [-0.4, -0.2) is 45.1 Å². The highest BCUT2D eigenvalue weighted by Crippen LogP contribution is 2.28. The molecule has 0 fully saturated rings. The number of rotatable bonds is 7. The highest BCUT2D eigenvalue weighted by atomic mass is 16.5. The summed E-state index contributed by atoms with van der Waals surface area (Å²) in [5.74, 6) is 0.832. The van der Waals surface area contributed by atoms with Crippen LogP contribution in [-0.2, 0) is 9.53 Å². The van der Waals surface area contributed by atoms with Crippen molar-refractivity contribution in [2.75, 3.05) is 39.4 Å². The maximum absolute atomic E-state index is 11.5. The standard InChI is InChI=1S/C12H17NO5/c1-16-9-3-4-10(11(7-9)17-2)13-12(15)8-18-6-5-14/h3-4,7,14H,5-6,8H2,1-2H3,(H,13,15). The molecule has 0 heterocycles. The highest BCUT2D eigenvalue weighted by molar-refractivity contribution is 5.93. The lowest BCUT2D eigenvalue weighted by atomic mass is 10.2. The number of carbonyl (C=O) groups is 1. The molecule has 0 aliphatic carbocycles. The number of anilines is 1. The topological polar surface area (TPSA) is 77.0 Å². The van der Waals surface area contributed by atoms with Gasteiger partial charge in [0.2, 0.25) is 5.91 Å². The summed E-state index contributed by atoms with van der Waals surface area (Å²) in [6.07, 6.45) is 0. The van der Waals surface area contributed by atoms with Crippen molar-refractivity contribution in [3.63, 3.8) is 0 Å². The van der Waals surface area contributed by atoms with Crippen molar-refractivity contribution in [3.05, 3.63) is 18.2 Å². The molecule has 0 saturated carbocycles. The van der Waals surface area contributed by atoms with Crippen molar-refractivity contribution >= 4 is 11.6 Å². The van der Waals surface area contributed by atoms with Gasteiger partial charge >= 0.3 is 0 Å². The van der Waals surface area contributed by atoms with E-state index in [1.165, 1.54) is 7.11 Å². The third-order valence-corrected chi connectivity index (χ3v) is 2.15. The molecule has 100 valence electrons. The number of carbonyl (C=O) groups excluding carboxylic acids is 1. The van der Waals surface area contributed by atoms with Crippen molar-refractivity contribution in [2.24, 2.45) is 0 Å². The largest absolute Gasteiger partial charge is 0.497 e. The summed E-state index contributed by atoms with van der Waals surface area (Å²) in [5, 5.41) is 11.2. The van der Waals surface area contributed by atoms with E-state index < -0.39 is 0 Å². The Labute approximate surface area is 105 Å². The molecular weight excluding hydrogens is 238 g/mol. The van der Waals surface area contributed by atoms with Crippen molar-refractivity contribution in [1.82, 2.24) is 0 Å². The van der Waals surface area contributed by atoms with Crippen molar-refractivity contribution in [1.29, 1.82) is 0 Å². The lowest BCUT2D eigenvalue weighted by Gasteiger charge is -2.11. The molecule has 6 nitrogen and oxygen atoms in total. The van der Waals surface area contributed by atoms with Crippen LogP contribution in [0.25, 0.3) is 0 Å². The normalized spacial score (nSPS) is 9.94. The lowest BCUT2D eigenvalue weighted by Crippen LogP contribution is -2.19. The number of hydrogen-bond donors (Lipinski definition) is 2. The van der Waals surface area contributed by atoms with E-state index in [0.717, 1.165) is 0 Å². The molecular formula is C12H17NO5. The van der Waals surface area contributed by atoms with Gasteiger partial charge in [0, 0.05) is 6.07 Å². The maximum Gasteiger partial charge on any atom is 0.250 e. The third-order valence-electron chi connectivity index (χ3n) is 2.15. The van der Waals surface area contributed by atoms with Crippen LogP contribution in [0.1, 0.15) is 0 Å². The van der Waals surface area contributed by atoms with Crippen LogP contribution in [0.4, 0.5) is 5.69 Å². The molecule has 6 heteroatoms. The fraction of sp³-hybridized carbons (Fsp3) is 0.417. The zero-order valence-corrected chi connectivity index (χ0v) is 10.4. The Kier molecular flexibility index (Phi) is 5.96. The van der Waals surface area contributed by atoms with Gasteiger partial charge in [0.1, 0.15) is 18.1 Å². The van der Waals surface area contributed by atoms with Crippen LogP contribution in [0.2, 0.25) is 0 Å². The van der Waals surface area contributed by atoms with Crippen LogP contribution in [0.15, 0.2) is 18.2 Å². The van der Waals surface area contributed by atoms with E-state index in [4.69, 9.17) is 19.3 Å². The smallest absolute Gasteiger partial charge is 0.250 e. The molecule has 0 aliphatic heterocycles. The molecule has 0 spiro atoms.